The average Bonchev–Trinajstić information content (AvgIpc) is 2.57. The molecule has 0 heterocycles. The number of anilines is 2. The minimum absolute atomic E-state index is 0.0696. The lowest BCUT2D eigenvalue weighted by Gasteiger charge is -2.33. The number of para-hydroxylation sites is 2. The fraction of sp³-hybridized carbons (Fsp3) is 0.235. The highest BCUT2D eigenvalue weighted by Gasteiger charge is 2.19. The van der Waals surface area contributed by atoms with Crippen LogP contribution in [0, 0.1) is 5.41 Å². The zero-order valence-corrected chi connectivity index (χ0v) is 12.4. The topological polar surface area (TPSA) is 70.8 Å². The number of hydrogen-bond donors (Lipinski definition) is 3. The van der Waals surface area contributed by atoms with Crippen LogP contribution in [-0.2, 0) is 0 Å². The normalized spacial score (nSPS) is 10.3. The van der Waals surface area contributed by atoms with Crippen molar-refractivity contribution in [2.45, 2.75) is 0 Å². The van der Waals surface area contributed by atoms with Crippen molar-refractivity contribution in [2.24, 2.45) is 0 Å². The predicted octanol–water partition coefficient (Wildman–Crippen LogP) is 2.05. The van der Waals surface area contributed by atoms with Crippen LogP contribution in [0.15, 0.2) is 60.7 Å². The molecule has 0 aliphatic carbocycles. The molecule has 0 unspecified atom stereocenters. The number of benzene rings is 2. The van der Waals surface area contributed by atoms with Crippen LogP contribution in [0.2, 0.25) is 0 Å². The SMILES string of the molecule is N=C(N(CCO)CCO)N(c1ccccc1)c1ccccc1. The third-order valence-corrected chi connectivity index (χ3v) is 3.28. The van der Waals surface area contributed by atoms with Gasteiger partial charge in [-0.1, -0.05) is 36.4 Å². The highest BCUT2D eigenvalue weighted by atomic mass is 16.3. The molecule has 0 aromatic heterocycles. The molecule has 3 N–H and O–H groups in total. The van der Waals surface area contributed by atoms with E-state index in [1.165, 1.54) is 0 Å². The van der Waals surface area contributed by atoms with Crippen molar-refractivity contribution in [1.29, 1.82) is 5.41 Å². The lowest BCUT2D eigenvalue weighted by molar-refractivity contribution is 0.210. The summed E-state index contributed by atoms with van der Waals surface area (Å²) in [6.45, 7) is 0.463. The summed E-state index contributed by atoms with van der Waals surface area (Å²) >= 11 is 0. The van der Waals surface area contributed by atoms with E-state index in [1.807, 2.05) is 60.7 Å². The molecule has 0 radical (unpaired) electrons. The van der Waals surface area contributed by atoms with Gasteiger partial charge in [0.05, 0.1) is 13.2 Å². The minimum Gasteiger partial charge on any atom is -0.395 e. The van der Waals surface area contributed by atoms with Gasteiger partial charge in [-0.25, -0.2) is 0 Å². The van der Waals surface area contributed by atoms with Gasteiger partial charge < -0.3 is 15.1 Å². The molecule has 0 amide bonds. The van der Waals surface area contributed by atoms with Crippen LogP contribution in [0.25, 0.3) is 0 Å². The summed E-state index contributed by atoms with van der Waals surface area (Å²) in [5.74, 6) is 0.223. The second kappa shape index (κ2) is 8.17. The van der Waals surface area contributed by atoms with Crippen LogP contribution in [-0.4, -0.2) is 47.4 Å². The molecule has 0 atom stereocenters. The summed E-state index contributed by atoms with van der Waals surface area (Å²) in [4.78, 5) is 3.45. The standard InChI is InChI=1S/C17H21N3O2/c18-17(19(11-13-21)12-14-22)20(15-7-3-1-4-8-15)16-9-5-2-6-10-16/h1-10,18,21-22H,11-14H2. The van der Waals surface area contributed by atoms with Crippen LogP contribution in [0.1, 0.15) is 0 Å². The maximum absolute atomic E-state index is 9.20. The predicted molar refractivity (Wildman–Crippen MR) is 88.5 cm³/mol. The first kappa shape index (κ1) is 16.0. The Labute approximate surface area is 130 Å². The van der Waals surface area contributed by atoms with E-state index in [1.54, 1.807) is 9.80 Å². The molecule has 0 spiro atoms. The molecule has 0 saturated heterocycles. The number of rotatable bonds is 6. The Balaban J connectivity index is 2.38. The molecule has 0 bridgehead atoms. The summed E-state index contributed by atoms with van der Waals surface area (Å²) in [6, 6.07) is 19.2. The molecule has 116 valence electrons. The molecule has 0 aliphatic rings. The smallest absolute Gasteiger partial charge is 0.203 e. The Kier molecular flexibility index (Phi) is 5.94. The molecular formula is C17H21N3O2. The fourth-order valence-electron chi connectivity index (χ4n) is 2.25. The van der Waals surface area contributed by atoms with Gasteiger partial charge in [0.15, 0.2) is 0 Å². The van der Waals surface area contributed by atoms with Gasteiger partial charge >= 0.3 is 0 Å². The van der Waals surface area contributed by atoms with Crippen LogP contribution in [0.4, 0.5) is 11.4 Å². The van der Waals surface area contributed by atoms with Crippen molar-refractivity contribution in [3.8, 4) is 0 Å². The molecule has 5 nitrogen and oxygen atoms in total. The van der Waals surface area contributed by atoms with E-state index in [9.17, 15) is 10.2 Å². The molecule has 5 heteroatoms. The number of guanidine groups is 1. The van der Waals surface area contributed by atoms with Gasteiger partial charge in [0.25, 0.3) is 0 Å². The van der Waals surface area contributed by atoms with Gasteiger partial charge in [0, 0.05) is 24.5 Å². The highest BCUT2D eigenvalue weighted by molar-refractivity contribution is 6.00. The van der Waals surface area contributed by atoms with E-state index in [-0.39, 0.29) is 19.2 Å². The van der Waals surface area contributed by atoms with E-state index in [2.05, 4.69) is 0 Å². The molecule has 2 aromatic carbocycles. The summed E-state index contributed by atoms with van der Waals surface area (Å²) in [5, 5.41) is 26.9. The van der Waals surface area contributed by atoms with Crippen LogP contribution in [0.3, 0.4) is 0 Å². The lowest BCUT2D eigenvalue weighted by Crippen LogP contribution is -2.44. The molecule has 2 rings (SSSR count). The summed E-state index contributed by atoms with van der Waals surface area (Å²) in [7, 11) is 0. The lowest BCUT2D eigenvalue weighted by atomic mass is 10.2. The van der Waals surface area contributed by atoms with E-state index in [0.717, 1.165) is 11.4 Å². The maximum atomic E-state index is 9.20. The average molecular weight is 299 g/mol. The third-order valence-electron chi connectivity index (χ3n) is 3.28. The van der Waals surface area contributed by atoms with Gasteiger partial charge in [-0.15, -0.1) is 0 Å². The zero-order chi connectivity index (χ0) is 15.8. The second-order valence-corrected chi connectivity index (χ2v) is 4.76. The minimum atomic E-state index is -0.0696. The van der Waals surface area contributed by atoms with E-state index >= 15 is 0 Å². The molecule has 22 heavy (non-hydrogen) atoms. The number of nitrogens with one attached hydrogen (secondary N) is 1. The summed E-state index contributed by atoms with van der Waals surface area (Å²) in [5.41, 5.74) is 1.72. The summed E-state index contributed by atoms with van der Waals surface area (Å²) in [6.07, 6.45) is 0. The molecule has 2 aromatic rings. The van der Waals surface area contributed by atoms with E-state index in [0.29, 0.717) is 13.1 Å². The Hall–Kier alpha value is -2.37. The molecular weight excluding hydrogens is 278 g/mol. The number of nitrogens with zero attached hydrogens (tertiary/aromatic N) is 2. The summed E-state index contributed by atoms with van der Waals surface area (Å²) < 4.78 is 0. The van der Waals surface area contributed by atoms with Gasteiger partial charge in [-0.05, 0) is 24.3 Å². The first-order valence-corrected chi connectivity index (χ1v) is 7.23. The first-order valence-electron chi connectivity index (χ1n) is 7.23. The molecule has 0 fully saturated rings. The van der Waals surface area contributed by atoms with Gasteiger partial charge in [0.2, 0.25) is 5.96 Å². The van der Waals surface area contributed by atoms with Gasteiger partial charge in [0.1, 0.15) is 0 Å². The zero-order valence-electron chi connectivity index (χ0n) is 12.4. The largest absolute Gasteiger partial charge is 0.395 e. The van der Waals surface area contributed by atoms with Gasteiger partial charge in [-0.3, -0.25) is 10.3 Å². The Morgan fingerprint density at radius 2 is 1.18 bits per heavy atom. The van der Waals surface area contributed by atoms with Crippen LogP contribution < -0.4 is 4.90 Å². The Morgan fingerprint density at radius 3 is 1.55 bits per heavy atom. The third kappa shape index (κ3) is 3.84. The fourth-order valence-corrected chi connectivity index (χ4v) is 2.25. The monoisotopic (exact) mass is 299 g/mol. The van der Waals surface area contributed by atoms with E-state index < -0.39 is 0 Å². The van der Waals surface area contributed by atoms with Gasteiger partial charge in [-0.2, -0.15) is 0 Å². The highest BCUT2D eigenvalue weighted by Crippen LogP contribution is 2.25. The van der Waals surface area contributed by atoms with Crippen LogP contribution >= 0.6 is 0 Å². The van der Waals surface area contributed by atoms with Crippen LogP contribution in [0.5, 0.6) is 0 Å². The first-order chi connectivity index (χ1) is 10.8. The van der Waals surface area contributed by atoms with Crippen molar-refractivity contribution in [1.82, 2.24) is 4.90 Å². The second-order valence-electron chi connectivity index (χ2n) is 4.76. The maximum Gasteiger partial charge on any atom is 0.203 e. The van der Waals surface area contributed by atoms with Crippen molar-refractivity contribution in [3.63, 3.8) is 0 Å². The molecule has 0 saturated carbocycles. The number of hydrogen-bond acceptors (Lipinski definition) is 3. The van der Waals surface area contributed by atoms with Crippen molar-refractivity contribution in [2.75, 3.05) is 31.2 Å². The Morgan fingerprint density at radius 1 is 0.773 bits per heavy atom. The number of aliphatic hydroxyl groups is 2. The van der Waals surface area contributed by atoms with Crippen molar-refractivity contribution >= 4 is 17.3 Å². The van der Waals surface area contributed by atoms with E-state index in [4.69, 9.17) is 5.41 Å². The van der Waals surface area contributed by atoms with Crippen molar-refractivity contribution < 1.29 is 10.2 Å². The molecule has 0 aliphatic heterocycles. The quantitative estimate of drug-likeness (QED) is 0.564. The van der Waals surface area contributed by atoms with Crippen molar-refractivity contribution in [3.05, 3.63) is 60.7 Å². The Bertz CT molecular complexity index is 529. The number of aliphatic hydroxyl groups excluding tert-OH is 2.